The van der Waals surface area contributed by atoms with Crippen LogP contribution in [0.2, 0.25) is 0 Å². The van der Waals surface area contributed by atoms with Crippen LogP contribution in [-0.4, -0.2) is 30.6 Å². The quantitative estimate of drug-likeness (QED) is 0.260. The van der Waals surface area contributed by atoms with Crippen molar-refractivity contribution in [3.8, 4) is 0 Å². The van der Waals surface area contributed by atoms with Gasteiger partial charge in [-0.1, -0.05) is 60.7 Å². The van der Waals surface area contributed by atoms with Gasteiger partial charge in [0, 0.05) is 40.8 Å². The molecule has 3 aromatic heterocycles. The van der Waals surface area contributed by atoms with Gasteiger partial charge in [0.15, 0.2) is 0 Å². The van der Waals surface area contributed by atoms with Gasteiger partial charge in [0.1, 0.15) is 5.82 Å². The van der Waals surface area contributed by atoms with E-state index in [2.05, 4.69) is 68.2 Å². The first-order valence-corrected chi connectivity index (χ1v) is 12.4. The number of rotatable bonds is 7. The van der Waals surface area contributed by atoms with Gasteiger partial charge in [-0.25, -0.2) is 4.98 Å². The predicted molar refractivity (Wildman–Crippen MR) is 151 cm³/mol. The molecule has 0 aliphatic heterocycles. The zero-order chi connectivity index (χ0) is 25.9. The highest BCUT2D eigenvalue weighted by atomic mass is 16.1. The van der Waals surface area contributed by atoms with E-state index in [0.717, 1.165) is 45.7 Å². The first-order chi connectivity index (χ1) is 18.7. The average molecular weight is 500 g/mol. The molecule has 0 saturated carbocycles. The Labute approximate surface area is 219 Å². The van der Waals surface area contributed by atoms with Gasteiger partial charge in [0.2, 0.25) is 11.9 Å². The molecule has 0 aliphatic carbocycles. The Balaban J connectivity index is 1.41. The summed E-state index contributed by atoms with van der Waals surface area (Å²) < 4.78 is 2.01. The third-order valence-electron chi connectivity index (χ3n) is 6.36. The Kier molecular flexibility index (Phi) is 6.19. The topological polar surface area (TPSA) is 97.6 Å². The molecule has 38 heavy (non-hydrogen) atoms. The van der Waals surface area contributed by atoms with Crippen molar-refractivity contribution in [1.29, 1.82) is 0 Å². The molecule has 6 aromatic rings. The van der Waals surface area contributed by atoms with Crippen molar-refractivity contribution in [3.63, 3.8) is 0 Å². The molecule has 0 radical (unpaired) electrons. The molecule has 3 heterocycles. The molecule has 0 aliphatic rings. The molecule has 2 N–H and O–H groups in total. The van der Waals surface area contributed by atoms with E-state index in [0.29, 0.717) is 11.3 Å². The van der Waals surface area contributed by atoms with Crippen LogP contribution >= 0.6 is 0 Å². The summed E-state index contributed by atoms with van der Waals surface area (Å²) in [4.78, 5) is 25.5. The highest BCUT2D eigenvalue weighted by molar-refractivity contribution is 6.13. The van der Waals surface area contributed by atoms with Gasteiger partial charge < -0.3 is 5.32 Å². The zero-order valence-electron chi connectivity index (χ0n) is 20.8. The van der Waals surface area contributed by atoms with Crippen LogP contribution in [0.5, 0.6) is 0 Å². The van der Waals surface area contributed by atoms with Crippen molar-refractivity contribution in [2.24, 2.45) is 0 Å². The number of anilines is 3. The van der Waals surface area contributed by atoms with Crippen LogP contribution in [0.15, 0.2) is 97.5 Å². The molecule has 0 bridgehead atoms. The maximum Gasteiger partial charge on any atom is 0.250 e. The molecule has 3 aromatic carbocycles. The number of aryl methyl sites for hydroxylation is 2. The number of amides is 1. The Morgan fingerprint density at radius 1 is 0.921 bits per heavy atom. The number of pyridine rings is 1. The van der Waals surface area contributed by atoms with Crippen molar-refractivity contribution in [3.05, 3.63) is 103 Å². The van der Waals surface area contributed by atoms with Gasteiger partial charge in [0.25, 0.3) is 0 Å². The lowest BCUT2D eigenvalue weighted by Gasteiger charge is -2.13. The molecule has 8 nitrogen and oxygen atoms in total. The van der Waals surface area contributed by atoms with Crippen LogP contribution in [0.3, 0.4) is 0 Å². The third-order valence-corrected chi connectivity index (χ3v) is 6.36. The fourth-order valence-electron chi connectivity index (χ4n) is 4.59. The summed E-state index contributed by atoms with van der Waals surface area (Å²) >= 11 is 0. The van der Waals surface area contributed by atoms with Crippen LogP contribution in [0.4, 0.5) is 17.5 Å². The second-order valence-electron chi connectivity index (χ2n) is 8.93. The summed E-state index contributed by atoms with van der Waals surface area (Å²) in [6.45, 7) is 2.57. The second kappa shape index (κ2) is 10.1. The molecular weight excluding hydrogens is 474 g/mol. The predicted octanol–water partition coefficient (Wildman–Crippen LogP) is 6.03. The van der Waals surface area contributed by atoms with Crippen molar-refractivity contribution in [1.82, 2.24) is 24.7 Å². The summed E-state index contributed by atoms with van der Waals surface area (Å²) in [5, 5.41) is 15.1. The van der Waals surface area contributed by atoms with Gasteiger partial charge in [-0.15, -0.1) is 0 Å². The van der Waals surface area contributed by atoms with Gasteiger partial charge in [-0.2, -0.15) is 10.1 Å². The minimum Gasteiger partial charge on any atom is -0.339 e. The van der Waals surface area contributed by atoms with Crippen LogP contribution in [0, 0.1) is 0 Å². The first-order valence-electron chi connectivity index (χ1n) is 12.4. The van der Waals surface area contributed by atoms with Crippen molar-refractivity contribution < 1.29 is 4.79 Å². The number of aromatic nitrogens is 5. The monoisotopic (exact) mass is 499 g/mol. The van der Waals surface area contributed by atoms with Crippen LogP contribution < -0.4 is 10.6 Å². The maximum atomic E-state index is 12.2. The molecule has 6 rings (SSSR count). The standard InChI is InChI=1S/C30H25N7O/c1-2-8-28(38)34-30-33-27-18-31-15-13-23(27)29(35-30)32-25-17-26-24(21-11-6-7-12-22(21)25)19-37(36-26)16-14-20-9-4-3-5-10-20/h2-13,15,17-19H,14,16H2,1H3,(H2,32,33,34,35,38). The van der Waals surface area contributed by atoms with Gasteiger partial charge >= 0.3 is 0 Å². The van der Waals surface area contributed by atoms with E-state index in [1.807, 2.05) is 35.0 Å². The number of nitrogens with zero attached hydrogens (tertiary/aromatic N) is 5. The number of allylic oxidation sites excluding steroid dienone is 1. The number of hydrogen-bond donors (Lipinski definition) is 2. The normalized spacial score (nSPS) is 11.5. The van der Waals surface area contributed by atoms with Crippen molar-refractivity contribution in [2.45, 2.75) is 19.9 Å². The van der Waals surface area contributed by atoms with E-state index < -0.39 is 0 Å². The number of carbonyl (C=O) groups is 1. The summed E-state index contributed by atoms with van der Waals surface area (Å²) in [6.07, 6.45) is 9.47. The summed E-state index contributed by atoms with van der Waals surface area (Å²) in [6, 6.07) is 22.6. The zero-order valence-corrected chi connectivity index (χ0v) is 20.8. The lowest BCUT2D eigenvalue weighted by Crippen LogP contribution is -2.12. The lowest BCUT2D eigenvalue weighted by atomic mass is 10.0. The van der Waals surface area contributed by atoms with E-state index in [1.54, 1.807) is 25.4 Å². The van der Waals surface area contributed by atoms with Crippen LogP contribution in [-0.2, 0) is 17.8 Å². The van der Waals surface area contributed by atoms with Gasteiger partial charge in [0.05, 0.1) is 17.2 Å². The highest BCUT2D eigenvalue weighted by Crippen LogP contribution is 2.34. The minimum atomic E-state index is -0.297. The molecule has 0 saturated heterocycles. The van der Waals surface area contributed by atoms with Crippen LogP contribution in [0.1, 0.15) is 12.5 Å². The lowest BCUT2D eigenvalue weighted by molar-refractivity contribution is -0.111. The number of nitrogens with one attached hydrogen (secondary N) is 2. The largest absolute Gasteiger partial charge is 0.339 e. The van der Waals surface area contributed by atoms with E-state index in [1.165, 1.54) is 11.6 Å². The number of benzene rings is 3. The maximum absolute atomic E-state index is 12.2. The van der Waals surface area contributed by atoms with E-state index in [9.17, 15) is 4.79 Å². The minimum absolute atomic E-state index is 0.201. The number of fused-ring (bicyclic) bond motifs is 4. The fraction of sp³-hybridized carbons (Fsp3) is 0.100. The molecule has 0 spiro atoms. The van der Waals surface area contributed by atoms with E-state index >= 15 is 0 Å². The fourth-order valence-corrected chi connectivity index (χ4v) is 4.59. The summed E-state index contributed by atoms with van der Waals surface area (Å²) in [7, 11) is 0. The smallest absolute Gasteiger partial charge is 0.250 e. The molecular formula is C30H25N7O. The van der Waals surface area contributed by atoms with Crippen molar-refractivity contribution in [2.75, 3.05) is 10.6 Å². The summed E-state index contributed by atoms with van der Waals surface area (Å²) in [5.74, 6) is 0.475. The number of carbonyl (C=O) groups excluding carboxylic acids is 1. The van der Waals surface area contributed by atoms with E-state index in [4.69, 9.17) is 5.10 Å². The first kappa shape index (κ1) is 23.3. The molecule has 0 unspecified atom stereocenters. The Hall–Kier alpha value is -5.11. The molecule has 8 heteroatoms. The third kappa shape index (κ3) is 4.67. The Morgan fingerprint density at radius 3 is 2.58 bits per heavy atom. The van der Waals surface area contributed by atoms with Gasteiger partial charge in [-0.05, 0) is 42.5 Å². The summed E-state index contributed by atoms with van der Waals surface area (Å²) in [5.41, 5.74) is 3.66. The molecule has 0 atom stereocenters. The second-order valence-corrected chi connectivity index (χ2v) is 8.93. The van der Waals surface area contributed by atoms with Crippen molar-refractivity contribution >= 4 is 55.9 Å². The Morgan fingerprint density at radius 2 is 1.74 bits per heavy atom. The van der Waals surface area contributed by atoms with E-state index in [-0.39, 0.29) is 11.9 Å². The number of hydrogen-bond acceptors (Lipinski definition) is 6. The average Bonchev–Trinajstić information content (AvgIpc) is 3.36. The SMILES string of the molecule is CC=CC(=O)Nc1nc(Nc2cc3nn(CCc4ccccc4)cc3c3ccccc23)c2ccncc2n1. The molecule has 1 amide bonds. The molecule has 0 fully saturated rings. The Bertz CT molecular complexity index is 1810. The molecule has 186 valence electrons. The highest BCUT2D eigenvalue weighted by Gasteiger charge is 2.14. The van der Waals surface area contributed by atoms with Gasteiger partial charge in [-0.3, -0.25) is 19.8 Å². The van der Waals surface area contributed by atoms with Crippen LogP contribution in [0.25, 0.3) is 32.6 Å².